The Balaban J connectivity index is 2.03. The molecule has 2 N–H and O–H groups in total. The molecule has 0 unspecified atom stereocenters. The van der Waals surface area contributed by atoms with E-state index in [4.69, 9.17) is 4.74 Å². The van der Waals surface area contributed by atoms with E-state index >= 15 is 0 Å². The molecule has 0 fully saturated rings. The lowest BCUT2D eigenvalue weighted by Crippen LogP contribution is -2.40. The van der Waals surface area contributed by atoms with Gasteiger partial charge >= 0.3 is 0 Å². The molecular weight excluding hydrogens is 280 g/mol. The Kier molecular flexibility index (Phi) is 4.60. The number of amides is 1. The average molecular weight is 300 g/mol. The summed E-state index contributed by atoms with van der Waals surface area (Å²) in [6.07, 6.45) is 3.00. The second-order valence-electron chi connectivity index (χ2n) is 5.85. The van der Waals surface area contributed by atoms with Crippen LogP contribution < -0.4 is 15.4 Å². The minimum atomic E-state index is -0.295. The fraction of sp³-hybridized carbons (Fsp3) is 0.312. The maximum absolute atomic E-state index is 12.0. The molecule has 0 atom stereocenters. The number of carbonyl (C=O) groups excluding carboxylic acids is 1. The van der Waals surface area contributed by atoms with E-state index in [9.17, 15) is 4.79 Å². The first kappa shape index (κ1) is 15.8. The van der Waals surface area contributed by atoms with Gasteiger partial charge in [0.05, 0.1) is 12.7 Å². The van der Waals surface area contributed by atoms with Gasteiger partial charge < -0.3 is 15.4 Å². The number of aromatic nitrogens is 2. The lowest BCUT2D eigenvalue weighted by atomic mass is 10.1. The van der Waals surface area contributed by atoms with Gasteiger partial charge in [-0.1, -0.05) is 0 Å². The second-order valence-corrected chi connectivity index (χ2v) is 5.85. The zero-order chi connectivity index (χ0) is 16.2. The van der Waals surface area contributed by atoms with Crippen LogP contribution in [0.15, 0.2) is 36.7 Å². The number of methoxy groups -OCH3 is 1. The SMILES string of the molecule is COc1ccc(Nc2ncc(C(=O)NC(C)(C)C)cn2)cc1. The predicted molar refractivity (Wildman–Crippen MR) is 85.5 cm³/mol. The number of nitrogens with zero attached hydrogens (tertiary/aromatic N) is 2. The highest BCUT2D eigenvalue weighted by Crippen LogP contribution is 2.17. The van der Waals surface area contributed by atoms with Crippen LogP contribution in [0.2, 0.25) is 0 Å². The van der Waals surface area contributed by atoms with E-state index in [1.807, 2.05) is 45.0 Å². The molecule has 2 rings (SSSR count). The van der Waals surface area contributed by atoms with E-state index in [1.165, 1.54) is 12.4 Å². The van der Waals surface area contributed by atoms with Crippen LogP contribution >= 0.6 is 0 Å². The molecule has 1 heterocycles. The molecule has 22 heavy (non-hydrogen) atoms. The Morgan fingerprint density at radius 2 is 1.68 bits per heavy atom. The highest BCUT2D eigenvalue weighted by molar-refractivity contribution is 5.94. The zero-order valence-electron chi connectivity index (χ0n) is 13.2. The molecule has 1 aromatic carbocycles. The Hall–Kier alpha value is -2.63. The van der Waals surface area contributed by atoms with E-state index in [-0.39, 0.29) is 11.4 Å². The highest BCUT2D eigenvalue weighted by Gasteiger charge is 2.15. The van der Waals surface area contributed by atoms with Crippen LogP contribution in [0.1, 0.15) is 31.1 Å². The van der Waals surface area contributed by atoms with Crippen LogP contribution in [0.3, 0.4) is 0 Å². The molecule has 0 aliphatic rings. The number of benzene rings is 1. The summed E-state index contributed by atoms with van der Waals surface area (Å²) < 4.78 is 5.10. The third kappa shape index (κ3) is 4.44. The van der Waals surface area contributed by atoms with Crippen molar-refractivity contribution in [3.63, 3.8) is 0 Å². The normalized spacial score (nSPS) is 10.9. The summed E-state index contributed by atoms with van der Waals surface area (Å²) >= 11 is 0. The van der Waals surface area contributed by atoms with Crippen molar-refractivity contribution in [3.05, 3.63) is 42.2 Å². The molecule has 0 aliphatic carbocycles. The number of anilines is 2. The molecule has 6 nitrogen and oxygen atoms in total. The minimum absolute atomic E-state index is 0.191. The van der Waals surface area contributed by atoms with Crippen molar-refractivity contribution >= 4 is 17.5 Å². The van der Waals surface area contributed by atoms with Gasteiger partial charge in [-0.05, 0) is 45.0 Å². The molecule has 0 saturated heterocycles. The first-order valence-electron chi connectivity index (χ1n) is 6.93. The lowest BCUT2D eigenvalue weighted by Gasteiger charge is -2.20. The van der Waals surface area contributed by atoms with Crippen molar-refractivity contribution in [2.45, 2.75) is 26.3 Å². The summed E-state index contributed by atoms with van der Waals surface area (Å²) in [7, 11) is 1.62. The van der Waals surface area contributed by atoms with Gasteiger partial charge in [-0.15, -0.1) is 0 Å². The summed E-state index contributed by atoms with van der Waals surface area (Å²) in [6, 6.07) is 7.41. The molecule has 6 heteroatoms. The van der Waals surface area contributed by atoms with E-state index in [1.54, 1.807) is 7.11 Å². The number of ether oxygens (including phenoxy) is 1. The van der Waals surface area contributed by atoms with E-state index in [0.29, 0.717) is 11.5 Å². The van der Waals surface area contributed by atoms with Gasteiger partial charge in [0.25, 0.3) is 5.91 Å². The Bertz CT molecular complexity index is 631. The van der Waals surface area contributed by atoms with Gasteiger partial charge in [-0.2, -0.15) is 0 Å². The standard InChI is InChI=1S/C16H20N4O2/c1-16(2,3)20-14(21)11-9-17-15(18-10-11)19-12-5-7-13(22-4)8-6-12/h5-10H,1-4H3,(H,20,21)(H,17,18,19). The number of hydrogen-bond acceptors (Lipinski definition) is 5. The Morgan fingerprint density at radius 3 is 2.18 bits per heavy atom. The van der Waals surface area contributed by atoms with Crippen molar-refractivity contribution in [2.24, 2.45) is 0 Å². The van der Waals surface area contributed by atoms with E-state index < -0.39 is 0 Å². The quantitative estimate of drug-likeness (QED) is 0.908. The summed E-state index contributed by atoms with van der Waals surface area (Å²) in [5.41, 5.74) is 0.972. The molecule has 0 aliphatic heterocycles. The third-order valence-corrected chi connectivity index (χ3v) is 2.75. The second kappa shape index (κ2) is 6.43. The predicted octanol–water partition coefficient (Wildman–Crippen LogP) is 2.76. The Morgan fingerprint density at radius 1 is 1.09 bits per heavy atom. The summed E-state index contributed by atoms with van der Waals surface area (Å²) in [5, 5.41) is 5.92. The van der Waals surface area contributed by atoms with Crippen molar-refractivity contribution < 1.29 is 9.53 Å². The van der Waals surface area contributed by atoms with Crippen molar-refractivity contribution in [1.82, 2.24) is 15.3 Å². The summed E-state index contributed by atoms with van der Waals surface area (Å²) in [6.45, 7) is 5.77. The number of rotatable bonds is 4. The molecular formula is C16H20N4O2. The highest BCUT2D eigenvalue weighted by atomic mass is 16.5. The molecule has 116 valence electrons. The van der Waals surface area contributed by atoms with Crippen molar-refractivity contribution in [2.75, 3.05) is 12.4 Å². The van der Waals surface area contributed by atoms with E-state index in [0.717, 1.165) is 11.4 Å². The first-order valence-corrected chi connectivity index (χ1v) is 6.93. The maximum Gasteiger partial charge on any atom is 0.254 e. The molecule has 1 amide bonds. The fourth-order valence-electron chi connectivity index (χ4n) is 1.73. The van der Waals surface area contributed by atoms with Crippen LogP contribution in [-0.4, -0.2) is 28.5 Å². The molecule has 0 radical (unpaired) electrons. The molecule has 1 aromatic heterocycles. The summed E-state index contributed by atoms with van der Waals surface area (Å²) in [5.74, 6) is 1.02. The minimum Gasteiger partial charge on any atom is -0.497 e. The van der Waals surface area contributed by atoms with Gasteiger partial charge in [0.1, 0.15) is 5.75 Å². The molecule has 0 bridgehead atoms. The van der Waals surface area contributed by atoms with Gasteiger partial charge in [0, 0.05) is 23.6 Å². The van der Waals surface area contributed by atoms with Gasteiger partial charge in [0.2, 0.25) is 5.95 Å². The number of carbonyl (C=O) groups is 1. The maximum atomic E-state index is 12.0. The molecule has 0 spiro atoms. The monoisotopic (exact) mass is 300 g/mol. The smallest absolute Gasteiger partial charge is 0.254 e. The van der Waals surface area contributed by atoms with Crippen LogP contribution in [-0.2, 0) is 0 Å². The van der Waals surface area contributed by atoms with Gasteiger partial charge in [-0.25, -0.2) is 9.97 Å². The fourth-order valence-corrected chi connectivity index (χ4v) is 1.73. The van der Waals surface area contributed by atoms with Crippen LogP contribution in [0.4, 0.5) is 11.6 Å². The van der Waals surface area contributed by atoms with Crippen molar-refractivity contribution in [3.8, 4) is 5.75 Å². The summed E-state index contributed by atoms with van der Waals surface area (Å²) in [4.78, 5) is 20.3. The first-order chi connectivity index (χ1) is 10.4. The topological polar surface area (TPSA) is 76.1 Å². The Labute approximate surface area is 129 Å². The number of nitrogens with one attached hydrogen (secondary N) is 2. The van der Waals surface area contributed by atoms with Crippen LogP contribution in [0, 0.1) is 0 Å². The van der Waals surface area contributed by atoms with E-state index in [2.05, 4.69) is 20.6 Å². The van der Waals surface area contributed by atoms with Gasteiger partial charge in [-0.3, -0.25) is 4.79 Å². The average Bonchev–Trinajstić information content (AvgIpc) is 2.47. The van der Waals surface area contributed by atoms with Gasteiger partial charge in [0.15, 0.2) is 0 Å². The van der Waals surface area contributed by atoms with Crippen LogP contribution in [0.5, 0.6) is 5.75 Å². The molecule has 0 saturated carbocycles. The molecule has 2 aromatic rings. The van der Waals surface area contributed by atoms with Crippen molar-refractivity contribution in [1.29, 1.82) is 0 Å². The third-order valence-electron chi connectivity index (χ3n) is 2.75. The largest absolute Gasteiger partial charge is 0.497 e. The zero-order valence-corrected chi connectivity index (χ0v) is 13.2. The van der Waals surface area contributed by atoms with Crippen LogP contribution in [0.25, 0.3) is 0 Å². The number of hydrogen-bond donors (Lipinski definition) is 2. The lowest BCUT2D eigenvalue weighted by molar-refractivity contribution is 0.0919.